The molecule has 0 heterocycles. The van der Waals surface area contributed by atoms with Gasteiger partial charge in [-0.05, 0) is 26.0 Å². The van der Waals surface area contributed by atoms with Crippen LogP contribution in [0.1, 0.15) is 13.8 Å². The Labute approximate surface area is 129 Å². The van der Waals surface area contributed by atoms with Gasteiger partial charge in [-0.15, -0.1) is 0 Å². The predicted molar refractivity (Wildman–Crippen MR) is 87.6 cm³/mol. The maximum Gasteiger partial charge on any atom is 0.275 e. The summed E-state index contributed by atoms with van der Waals surface area (Å²) in [4.78, 5) is 12.6. The first-order valence-electron chi connectivity index (χ1n) is 7.11. The van der Waals surface area contributed by atoms with Gasteiger partial charge in [0.1, 0.15) is 11.5 Å². The summed E-state index contributed by atoms with van der Waals surface area (Å²) in [5, 5.41) is 10.9. The molecule has 0 radical (unpaired) electrons. The summed E-state index contributed by atoms with van der Waals surface area (Å²) in [6.07, 6.45) is 0. The number of rotatable bonds is 6. The fourth-order valence-electron chi connectivity index (χ4n) is 2.24. The Morgan fingerprint density at radius 1 is 1.14 bits per heavy atom. The van der Waals surface area contributed by atoms with Crippen LogP contribution in [0.3, 0.4) is 0 Å². The smallest absolute Gasteiger partial charge is 0.275 e. The molecule has 2 aromatic carbocycles. The first-order chi connectivity index (χ1) is 10.5. The van der Waals surface area contributed by atoms with Gasteiger partial charge in [-0.2, -0.15) is 0 Å². The number of hydrogen-bond donors (Lipinski definition) is 1. The third-order valence-corrected chi connectivity index (χ3v) is 3.31. The highest BCUT2D eigenvalue weighted by Gasteiger charge is 2.10. The van der Waals surface area contributed by atoms with E-state index in [1.165, 1.54) is 12.1 Å². The second kappa shape index (κ2) is 6.80. The number of benzene rings is 2. The molecule has 22 heavy (non-hydrogen) atoms. The molecule has 0 bridgehead atoms. The molecule has 0 aliphatic rings. The molecule has 0 aliphatic heterocycles. The summed E-state index contributed by atoms with van der Waals surface area (Å²) in [6, 6.07) is 11.8. The normalized spacial score (nSPS) is 10.3. The highest BCUT2D eigenvalue weighted by atomic mass is 16.6. The molecule has 0 atom stereocenters. The molecule has 0 aromatic heterocycles. The van der Waals surface area contributed by atoms with Gasteiger partial charge in [0, 0.05) is 42.7 Å². The van der Waals surface area contributed by atoms with Gasteiger partial charge in [-0.3, -0.25) is 10.1 Å². The first-order valence-corrected chi connectivity index (χ1v) is 7.11. The molecule has 116 valence electrons. The number of ether oxygens (including phenoxy) is 1. The Hall–Kier alpha value is -2.76. The van der Waals surface area contributed by atoms with Crippen LogP contribution in [0.2, 0.25) is 0 Å². The zero-order valence-corrected chi connectivity index (χ0v) is 12.7. The topological polar surface area (TPSA) is 81.6 Å². The lowest BCUT2D eigenvalue weighted by atomic mass is 10.2. The zero-order chi connectivity index (χ0) is 16.1. The lowest BCUT2D eigenvalue weighted by Crippen LogP contribution is -2.21. The molecule has 2 N–H and O–H groups in total. The van der Waals surface area contributed by atoms with Crippen LogP contribution in [-0.4, -0.2) is 18.0 Å². The lowest BCUT2D eigenvalue weighted by molar-refractivity contribution is -0.384. The number of nitrogen functional groups attached to an aromatic ring is 1. The van der Waals surface area contributed by atoms with Gasteiger partial charge < -0.3 is 15.4 Å². The molecule has 2 aromatic rings. The third kappa shape index (κ3) is 3.66. The summed E-state index contributed by atoms with van der Waals surface area (Å²) < 4.78 is 5.72. The fraction of sp³-hybridized carbons (Fsp3) is 0.250. The predicted octanol–water partition coefficient (Wildman–Crippen LogP) is 3.82. The Morgan fingerprint density at radius 3 is 2.50 bits per heavy atom. The fourth-order valence-corrected chi connectivity index (χ4v) is 2.24. The Kier molecular flexibility index (Phi) is 4.83. The SMILES string of the molecule is CCN(CC)c1cccc(Oc2cc(N)cc([N+](=O)[O-])c2)c1. The van der Waals surface area contributed by atoms with Crippen molar-refractivity contribution < 1.29 is 9.66 Å². The summed E-state index contributed by atoms with van der Waals surface area (Å²) in [5.74, 6) is 0.965. The van der Waals surface area contributed by atoms with Crippen molar-refractivity contribution in [3.05, 3.63) is 52.6 Å². The zero-order valence-electron chi connectivity index (χ0n) is 12.7. The van der Waals surface area contributed by atoms with E-state index in [1.807, 2.05) is 24.3 Å². The minimum atomic E-state index is -0.491. The number of nitrogens with zero attached hydrogens (tertiary/aromatic N) is 2. The van der Waals surface area contributed by atoms with E-state index >= 15 is 0 Å². The quantitative estimate of drug-likeness (QED) is 0.498. The molecule has 0 saturated heterocycles. The average Bonchev–Trinajstić information content (AvgIpc) is 2.48. The van der Waals surface area contributed by atoms with Gasteiger partial charge in [-0.1, -0.05) is 6.07 Å². The molecule has 0 aliphatic carbocycles. The molecule has 0 fully saturated rings. The molecule has 0 spiro atoms. The van der Waals surface area contributed by atoms with Crippen molar-refractivity contribution in [1.82, 2.24) is 0 Å². The van der Waals surface area contributed by atoms with Gasteiger partial charge in [0.25, 0.3) is 5.69 Å². The van der Waals surface area contributed by atoms with Crippen molar-refractivity contribution in [2.45, 2.75) is 13.8 Å². The first kappa shape index (κ1) is 15.6. The Balaban J connectivity index is 2.27. The van der Waals surface area contributed by atoms with E-state index in [2.05, 4.69) is 18.7 Å². The number of hydrogen-bond acceptors (Lipinski definition) is 5. The van der Waals surface area contributed by atoms with Crippen LogP contribution in [-0.2, 0) is 0 Å². The number of anilines is 2. The molecule has 0 amide bonds. The molecule has 0 unspecified atom stereocenters. The van der Waals surface area contributed by atoms with E-state index in [0.29, 0.717) is 17.2 Å². The second-order valence-electron chi connectivity index (χ2n) is 4.79. The van der Waals surface area contributed by atoms with E-state index < -0.39 is 4.92 Å². The van der Waals surface area contributed by atoms with Crippen molar-refractivity contribution in [3.63, 3.8) is 0 Å². The van der Waals surface area contributed by atoms with Crippen LogP contribution >= 0.6 is 0 Å². The molecular formula is C16H19N3O3. The molecule has 0 saturated carbocycles. The van der Waals surface area contributed by atoms with Crippen molar-refractivity contribution >= 4 is 17.1 Å². The minimum Gasteiger partial charge on any atom is -0.457 e. The summed E-state index contributed by atoms with van der Waals surface area (Å²) in [6.45, 7) is 5.95. The monoisotopic (exact) mass is 301 g/mol. The van der Waals surface area contributed by atoms with E-state index in [4.69, 9.17) is 10.5 Å². The Morgan fingerprint density at radius 2 is 1.86 bits per heavy atom. The van der Waals surface area contributed by atoms with Crippen LogP contribution in [0.5, 0.6) is 11.5 Å². The highest BCUT2D eigenvalue weighted by Crippen LogP contribution is 2.30. The van der Waals surface area contributed by atoms with Crippen LogP contribution in [0.25, 0.3) is 0 Å². The van der Waals surface area contributed by atoms with Crippen molar-refractivity contribution in [1.29, 1.82) is 0 Å². The molecule has 6 nitrogen and oxygen atoms in total. The molecule has 2 rings (SSSR count). The maximum atomic E-state index is 10.9. The van der Waals surface area contributed by atoms with Crippen LogP contribution < -0.4 is 15.4 Å². The third-order valence-electron chi connectivity index (χ3n) is 3.31. The summed E-state index contributed by atoms with van der Waals surface area (Å²) in [5.41, 5.74) is 6.93. The molecular weight excluding hydrogens is 282 g/mol. The summed E-state index contributed by atoms with van der Waals surface area (Å²) >= 11 is 0. The van der Waals surface area contributed by atoms with Gasteiger partial charge in [0.05, 0.1) is 11.0 Å². The highest BCUT2D eigenvalue weighted by molar-refractivity contribution is 5.56. The van der Waals surface area contributed by atoms with Gasteiger partial charge >= 0.3 is 0 Å². The minimum absolute atomic E-state index is 0.0881. The van der Waals surface area contributed by atoms with Crippen LogP contribution in [0.15, 0.2) is 42.5 Å². The number of nitro groups is 1. The standard InChI is InChI=1S/C16H19N3O3/c1-3-18(4-2)13-6-5-7-15(10-13)22-16-9-12(17)8-14(11-16)19(20)21/h5-11H,3-4,17H2,1-2H3. The van der Waals surface area contributed by atoms with Crippen LogP contribution in [0.4, 0.5) is 17.1 Å². The van der Waals surface area contributed by atoms with E-state index in [0.717, 1.165) is 18.8 Å². The Bertz CT molecular complexity index is 669. The second-order valence-corrected chi connectivity index (χ2v) is 4.79. The van der Waals surface area contributed by atoms with Crippen molar-refractivity contribution in [3.8, 4) is 11.5 Å². The van der Waals surface area contributed by atoms with Crippen molar-refractivity contribution in [2.24, 2.45) is 0 Å². The number of nitrogens with two attached hydrogens (primary N) is 1. The largest absolute Gasteiger partial charge is 0.457 e. The van der Waals surface area contributed by atoms with Crippen molar-refractivity contribution in [2.75, 3.05) is 23.7 Å². The maximum absolute atomic E-state index is 10.9. The lowest BCUT2D eigenvalue weighted by Gasteiger charge is -2.21. The van der Waals surface area contributed by atoms with Gasteiger partial charge in [0.15, 0.2) is 0 Å². The van der Waals surface area contributed by atoms with E-state index in [1.54, 1.807) is 6.07 Å². The van der Waals surface area contributed by atoms with Gasteiger partial charge in [0.2, 0.25) is 0 Å². The van der Waals surface area contributed by atoms with E-state index in [-0.39, 0.29) is 5.69 Å². The average molecular weight is 301 g/mol. The number of nitro benzene ring substituents is 1. The van der Waals surface area contributed by atoms with E-state index in [9.17, 15) is 10.1 Å². The number of non-ortho nitro benzene ring substituents is 1. The van der Waals surface area contributed by atoms with Crippen LogP contribution in [0, 0.1) is 10.1 Å². The van der Waals surface area contributed by atoms with Gasteiger partial charge in [-0.25, -0.2) is 0 Å². The summed E-state index contributed by atoms with van der Waals surface area (Å²) in [7, 11) is 0. The molecule has 6 heteroatoms.